The van der Waals surface area contributed by atoms with E-state index in [1.807, 2.05) is 18.2 Å². The predicted molar refractivity (Wildman–Crippen MR) is 61.1 cm³/mol. The number of nitrogens with two attached hydrogens (primary N) is 1. The maximum Gasteiger partial charge on any atom is 0.407 e. The van der Waals surface area contributed by atoms with E-state index in [0.29, 0.717) is 6.54 Å². The van der Waals surface area contributed by atoms with Crippen molar-refractivity contribution in [1.82, 2.24) is 10.3 Å². The Kier molecular flexibility index (Phi) is 5.50. The summed E-state index contributed by atoms with van der Waals surface area (Å²) in [6.45, 7) is 0.0697. The van der Waals surface area contributed by atoms with Crippen LogP contribution in [0.1, 0.15) is 12.1 Å². The second-order valence-electron chi connectivity index (χ2n) is 3.39. The van der Waals surface area contributed by atoms with Gasteiger partial charge in [-0.15, -0.1) is 0 Å². The number of ether oxygens (including phenoxy) is 1. The molecule has 92 valence electrons. The zero-order valence-corrected chi connectivity index (χ0v) is 9.39. The van der Waals surface area contributed by atoms with Gasteiger partial charge in [0.1, 0.15) is 0 Å². The van der Waals surface area contributed by atoms with Crippen molar-refractivity contribution >= 4 is 12.0 Å². The molecule has 0 saturated carbocycles. The molecule has 1 heterocycles. The fourth-order valence-electron chi connectivity index (χ4n) is 1.19. The van der Waals surface area contributed by atoms with E-state index in [1.54, 1.807) is 6.20 Å². The summed E-state index contributed by atoms with van der Waals surface area (Å²) in [6, 6.07) is 5.69. The lowest BCUT2D eigenvalue weighted by atomic mass is 10.2. The van der Waals surface area contributed by atoms with Crippen LogP contribution < -0.4 is 11.1 Å². The summed E-state index contributed by atoms with van der Waals surface area (Å²) in [5.74, 6) is -0.673. The molecule has 0 aliphatic heterocycles. The van der Waals surface area contributed by atoms with Crippen molar-refractivity contribution in [2.45, 2.75) is 12.8 Å². The van der Waals surface area contributed by atoms with Gasteiger partial charge in [-0.05, 0) is 25.0 Å². The van der Waals surface area contributed by atoms with Gasteiger partial charge in [0.05, 0.1) is 0 Å². The molecule has 0 radical (unpaired) electrons. The van der Waals surface area contributed by atoms with E-state index in [1.165, 1.54) is 0 Å². The average Bonchev–Trinajstić information content (AvgIpc) is 2.33. The quantitative estimate of drug-likeness (QED) is 0.692. The molecule has 3 N–H and O–H groups in total. The SMILES string of the molecule is NC(=O)COC(=O)NCCCc1ccccn1. The standard InChI is InChI=1S/C11H15N3O3/c12-10(15)8-17-11(16)14-7-3-5-9-4-1-2-6-13-9/h1-2,4,6H,3,5,7-8H2,(H2,12,15)(H,14,16). The number of hydrogen-bond acceptors (Lipinski definition) is 4. The molecule has 0 aliphatic carbocycles. The van der Waals surface area contributed by atoms with E-state index in [0.717, 1.165) is 18.5 Å². The molecule has 0 fully saturated rings. The van der Waals surface area contributed by atoms with Gasteiger partial charge in [-0.2, -0.15) is 0 Å². The lowest BCUT2D eigenvalue weighted by Crippen LogP contribution is -2.29. The van der Waals surface area contributed by atoms with Crippen LogP contribution >= 0.6 is 0 Å². The van der Waals surface area contributed by atoms with E-state index in [2.05, 4.69) is 15.0 Å². The first-order chi connectivity index (χ1) is 8.18. The Bertz CT molecular complexity index is 367. The van der Waals surface area contributed by atoms with Gasteiger partial charge in [-0.3, -0.25) is 9.78 Å². The number of nitrogens with one attached hydrogen (secondary N) is 1. The molecule has 0 bridgehead atoms. The van der Waals surface area contributed by atoms with E-state index < -0.39 is 18.6 Å². The molecule has 0 atom stereocenters. The first-order valence-electron chi connectivity index (χ1n) is 5.27. The van der Waals surface area contributed by atoms with E-state index in [-0.39, 0.29) is 0 Å². The van der Waals surface area contributed by atoms with Crippen molar-refractivity contribution in [2.75, 3.05) is 13.2 Å². The van der Waals surface area contributed by atoms with E-state index in [4.69, 9.17) is 5.73 Å². The highest BCUT2D eigenvalue weighted by molar-refractivity contribution is 5.78. The highest BCUT2D eigenvalue weighted by Gasteiger charge is 2.03. The number of carbonyl (C=O) groups excluding carboxylic acids is 2. The fourth-order valence-corrected chi connectivity index (χ4v) is 1.19. The molecule has 1 aromatic rings. The van der Waals surface area contributed by atoms with Crippen molar-refractivity contribution in [3.05, 3.63) is 30.1 Å². The summed E-state index contributed by atoms with van der Waals surface area (Å²) >= 11 is 0. The van der Waals surface area contributed by atoms with E-state index in [9.17, 15) is 9.59 Å². The normalized spacial score (nSPS) is 9.65. The first kappa shape index (κ1) is 13.0. The molecule has 1 aromatic heterocycles. The topological polar surface area (TPSA) is 94.3 Å². The Hall–Kier alpha value is -2.11. The number of primary amides is 1. The number of amides is 2. The van der Waals surface area contributed by atoms with Gasteiger partial charge in [0.2, 0.25) is 0 Å². The van der Waals surface area contributed by atoms with Crippen LogP contribution in [0.4, 0.5) is 4.79 Å². The second kappa shape index (κ2) is 7.21. The third-order valence-corrected chi connectivity index (χ3v) is 1.95. The summed E-state index contributed by atoms with van der Waals surface area (Å²) in [6.07, 6.45) is 2.62. The van der Waals surface area contributed by atoms with Gasteiger partial charge < -0.3 is 15.8 Å². The smallest absolute Gasteiger partial charge is 0.407 e. The van der Waals surface area contributed by atoms with Gasteiger partial charge in [0, 0.05) is 18.4 Å². The summed E-state index contributed by atoms with van der Waals surface area (Å²) in [4.78, 5) is 25.5. The average molecular weight is 237 g/mol. The molecular weight excluding hydrogens is 222 g/mol. The van der Waals surface area contributed by atoms with Gasteiger partial charge in [-0.25, -0.2) is 4.79 Å². The van der Waals surface area contributed by atoms with Crippen LogP contribution in [0.15, 0.2) is 24.4 Å². The summed E-state index contributed by atoms with van der Waals surface area (Å²) in [5.41, 5.74) is 5.79. The molecule has 6 heteroatoms. The lowest BCUT2D eigenvalue weighted by molar-refractivity contribution is -0.120. The molecule has 0 unspecified atom stereocenters. The molecule has 0 aliphatic rings. The highest BCUT2D eigenvalue weighted by Crippen LogP contribution is 1.97. The second-order valence-corrected chi connectivity index (χ2v) is 3.39. The minimum atomic E-state index is -0.673. The van der Waals surface area contributed by atoms with Crippen LogP contribution in [0.25, 0.3) is 0 Å². The molecule has 2 amide bonds. The van der Waals surface area contributed by atoms with Gasteiger partial charge in [-0.1, -0.05) is 6.07 Å². The van der Waals surface area contributed by atoms with Crippen molar-refractivity contribution in [3.63, 3.8) is 0 Å². The van der Waals surface area contributed by atoms with Crippen molar-refractivity contribution < 1.29 is 14.3 Å². The number of carbonyl (C=O) groups is 2. The minimum absolute atomic E-state index is 0.397. The van der Waals surface area contributed by atoms with Crippen LogP contribution in [0.2, 0.25) is 0 Å². The largest absolute Gasteiger partial charge is 0.439 e. The monoisotopic (exact) mass is 237 g/mol. The minimum Gasteiger partial charge on any atom is -0.439 e. The molecular formula is C11H15N3O3. The number of aryl methyl sites for hydroxylation is 1. The Labute approximate surface area is 99.2 Å². The summed E-state index contributed by atoms with van der Waals surface area (Å²) in [5, 5.41) is 2.51. The van der Waals surface area contributed by atoms with Crippen LogP contribution in [0.5, 0.6) is 0 Å². The van der Waals surface area contributed by atoms with Crippen molar-refractivity contribution in [1.29, 1.82) is 0 Å². The van der Waals surface area contributed by atoms with Crippen LogP contribution in [0, 0.1) is 0 Å². The van der Waals surface area contributed by atoms with Gasteiger partial charge in [0.25, 0.3) is 5.91 Å². The lowest BCUT2D eigenvalue weighted by Gasteiger charge is -2.05. The third-order valence-electron chi connectivity index (χ3n) is 1.95. The van der Waals surface area contributed by atoms with Crippen LogP contribution in [0.3, 0.4) is 0 Å². The zero-order valence-electron chi connectivity index (χ0n) is 9.39. The molecule has 0 saturated heterocycles. The van der Waals surface area contributed by atoms with Gasteiger partial charge in [0.15, 0.2) is 6.61 Å². The maximum absolute atomic E-state index is 11.0. The number of hydrogen-bond donors (Lipinski definition) is 2. The Morgan fingerprint density at radius 2 is 2.24 bits per heavy atom. The van der Waals surface area contributed by atoms with Crippen LogP contribution in [-0.2, 0) is 16.0 Å². The highest BCUT2D eigenvalue weighted by atomic mass is 16.6. The summed E-state index contributed by atoms with van der Waals surface area (Å²) in [7, 11) is 0. The number of nitrogens with zero attached hydrogens (tertiary/aromatic N) is 1. The Morgan fingerprint density at radius 1 is 1.41 bits per heavy atom. The number of pyridine rings is 1. The van der Waals surface area contributed by atoms with Gasteiger partial charge >= 0.3 is 6.09 Å². The third kappa shape index (κ3) is 6.14. The molecule has 6 nitrogen and oxygen atoms in total. The van der Waals surface area contributed by atoms with Crippen molar-refractivity contribution in [3.8, 4) is 0 Å². The first-order valence-corrected chi connectivity index (χ1v) is 5.27. The maximum atomic E-state index is 11.0. The summed E-state index contributed by atoms with van der Waals surface area (Å²) < 4.78 is 4.52. The van der Waals surface area contributed by atoms with E-state index >= 15 is 0 Å². The number of rotatable bonds is 6. The fraction of sp³-hybridized carbons (Fsp3) is 0.364. The Balaban J connectivity index is 2.08. The number of alkyl carbamates (subject to hydrolysis) is 1. The Morgan fingerprint density at radius 3 is 2.88 bits per heavy atom. The molecule has 17 heavy (non-hydrogen) atoms. The van der Waals surface area contributed by atoms with Crippen molar-refractivity contribution in [2.24, 2.45) is 5.73 Å². The number of aromatic nitrogens is 1. The zero-order chi connectivity index (χ0) is 12.5. The molecule has 0 spiro atoms. The predicted octanol–water partition coefficient (Wildman–Crippen LogP) is 0.226. The van der Waals surface area contributed by atoms with Crippen LogP contribution in [-0.4, -0.2) is 30.1 Å². The molecule has 0 aromatic carbocycles. The molecule has 1 rings (SSSR count).